The SMILES string of the molecule is c1ccc(-c2c3ccccc3nc3c2sc2ccccc23)cc1. The number of hydrogen-bond acceptors (Lipinski definition) is 2. The first-order valence-electron chi connectivity index (χ1n) is 7.67. The third kappa shape index (κ3) is 1.89. The van der Waals surface area contributed by atoms with Crippen LogP contribution in [-0.4, -0.2) is 4.98 Å². The van der Waals surface area contributed by atoms with E-state index < -0.39 is 0 Å². The number of para-hydroxylation sites is 1. The molecule has 108 valence electrons. The summed E-state index contributed by atoms with van der Waals surface area (Å²) in [7, 11) is 0. The van der Waals surface area contributed by atoms with Gasteiger partial charge in [0.05, 0.1) is 15.7 Å². The molecular formula is C21H13NS. The van der Waals surface area contributed by atoms with Crippen LogP contribution in [0.1, 0.15) is 0 Å². The van der Waals surface area contributed by atoms with Gasteiger partial charge in [-0.25, -0.2) is 4.98 Å². The summed E-state index contributed by atoms with van der Waals surface area (Å²) >= 11 is 1.84. The fourth-order valence-electron chi connectivity index (χ4n) is 3.23. The van der Waals surface area contributed by atoms with E-state index in [4.69, 9.17) is 4.98 Å². The van der Waals surface area contributed by atoms with E-state index in [-0.39, 0.29) is 0 Å². The van der Waals surface area contributed by atoms with Crippen LogP contribution in [0.5, 0.6) is 0 Å². The second-order valence-corrected chi connectivity index (χ2v) is 6.70. The van der Waals surface area contributed by atoms with Gasteiger partial charge in [-0.1, -0.05) is 66.7 Å². The summed E-state index contributed by atoms with van der Waals surface area (Å²) < 4.78 is 2.57. The van der Waals surface area contributed by atoms with E-state index >= 15 is 0 Å². The number of pyridine rings is 1. The molecule has 0 atom stereocenters. The quantitative estimate of drug-likeness (QED) is 0.355. The van der Waals surface area contributed by atoms with Crippen LogP contribution < -0.4 is 0 Å². The maximum atomic E-state index is 4.96. The molecule has 0 bridgehead atoms. The minimum absolute atomic E-state index is 1.06. The summed E-state index contributed by atoms with van der Waals surface area (Å²) in [6.07, 6.45) is 0. The molecular weight excluding hydrogens is 298 g/mol. The van der Waals surface area contributed by atoms with Crippen LogP contribution >= 0.6 is 11.3 Å². The summed E-state index contributed by atoms with van der Waals surface area (Å²) in [5, 5.41) is 2.47. The van der Waals surface area contributed by atoms with E-state index in [1.807, 2.05) is 11.3 Å². The van der Waals surface area contributed by atoms with Gasteiger partial charge in [-0.15, -0.1) is 11.3 Å². The zero-order valence-corrected chi connectivity index (χ0v) is 13.2. The normalized spacial score (nSPS) is 11.5. The average Bonchev–Trinajstić information content (AvgIpc) is 2.98. The standard InChI is InChI=1S/C21H13NS/c1-2-8-14(9-3-1)19-15-10-4-6-12-17(15)22-20-16-11-5-7-13-18(16)23-21(19)20/h1-13H. The molecule has 0 aliphatic rings. The van der Waals surface area contributed by atoms with E-state index in [1.54, 1.807) is 0 Å². The third-order valence-corrected chi connectivity index (χ3v) is 5.44. The molecule has 0 amide bonds. The molecule has 0 unspecified atom stereocenters. The van der Waals surface area contributed by atoms with Gasteiger partial charge in [0.1, 0.15) is 0 Å². The van der Waals surface area contributed by atoms with Crippen molar-refractivity contribution in [2.75, 3.05) is 0 Å². The Morgan fingerprint density at radius 1 is 0.652 bits per heavy atom. The highest BCUT2D eigenvalue weighted by atomic mass is 32.1. The number of aromatic nitrogens is 1. The second-order valence-electron chi connectivity index (χ2n) is 5.65. The van der Waals surface area contributed by atoms with Crippen molar-refractivity contribution in [3.05, 3.63) is 78.9 Å². The van der Waals surface area contributed by atoms with Gasteiger partial charge in [-0.05, 0) is 17.7 Å². The van der Waals surface area contributed by atoms with Crippen LogP contribution in [0.4, 0.5) is 0 Å². The van der Waals surface area contributed by atoms with Gasteiger partial charge in [-0.3, -0.25) is 0 Å². The Morgan fingerprint density at radius 3 is 2.22 bits per heavy atom. The van der Waals surface area contributed by atoms with Crippen molar-refractivity contribution < 1.29 is 0 Å². The van der Waals surface area contributed by atoms with Gasteiger partial charge in [0, 0.05) is 21.0 Å². The lowest BCUT2D eigenvalue weighted by molar-refractivity contribution is 1.52. The van der Waals surface area contributed by atoms with Crippen LogP contribution in [0.25, 0.3) is 42.3 Å². The van der Waals surface area contributed by atoms with Crippen molar-refractivity contribution in [1.82, 2.24) is 4.98 Å². The van der Waals surface area contributed by atoms with E-state index in [9.17, 15) is 0 Å². The summed E-state index contributed by atoms with van der Waals surface area (Å²) in [5.74, 6) is 0. The number of thiophene rings is 1. The maximum Gasteiger partial charge on any atom is 0.0902 e. The average molecular weight is 311 g/mol. The number of benzene rings is 3. The lowest BCUT2D eigenvalue weighted by Gasteiger charge is -2.08. The Bertz CT molecular complexity index is 1160. The molecule has 2 heteroatoms. The predicted molar refractivity (Wildman–Crippen MR) is 100 cm³/mol. The Labute approximate surface area is 137 Å². The molecule has 23 heavy (non-hydrogen) atoms. The maximum absolute atomic E-state index is 4.96. The molecule has 0 radical (unpaired) electrons. The summed E-state index contributed by atoms with van der Waals surface area (Å²) in [4.78, 5) is 4.96. The number of nitrogens with zero attached hydrogens (tertiary/aromatic N) is 1. The van der Waals surface area contributed by atoms with Gasteiger partial charge in [0.25, 0.3) is 0 Å². The summed E-state index contributed by atoms with van der Waals surface area (Å²) in [5.41, 5.74) is 4.72. The lowest BCUT2D eigenvalue weighted by Crippen LogP contribution is -1.86. The molecule has 0 saturated carbocycles. The van der Waals surface area contributed by atoms with E-state index in [0.717, 1.165) is 11.0 Å². The van der Waals surface area contributed by atoms with Crippen molar-refractivity contribution in [3.63, 3.8) is 0 Å². The minimum atomic E-state index is 1.06. The molecule has 2 heterocycles. The van der Waals surface area contributed by atoms with Crippen molar-refractivity contribution in [2.24, 2.45) is 0 Å². The molecule has 3 aromatic carbocycles. The Kier molecular flexibility index (Phi) is 2.73. The highest BCUT2D eigenvalue weighted by Crippen LogP contribution is 2.42. The van der Waals surface area contributed by atoms with Crippen LogP contribution in [0, 0.1) is 0 Å². The summed E-state index contributed by atoms with van der Waals surface area (Å²) in [6, 6.07) is 27.6. The van der Waals surface area contributed by atoms with Crippen molar-refractivity contribution in [3.8, 4) is 11.1 Å². The lowest BCUT2D eigenvalue weighted by atomic mass is 10.00. The Hall–Kier alpha value is -2.71. The molecule has 0 fully saturated rings. The molecule has 5 aromatic rings. The highest BCUT2D eigenvalue weighted by molar-refractivity contribution is 7.26. The molecule has 1 nitrogen and oxygen atoms in total. The van der Waals surface area contributed by atoms with Crippen molar-refractivity contribution in [2.45, 2.75) is 0 Å². The third-order valence-electron chi connectivity index (χ3n) is 4.26. The molecule has 0 saturated heterocycles. The van der Waals surface area contributed by atoms with Gasteiger partial charge in [0.15, 0.2) is 0 Å². The zero-order valence-electron chi connectivity index (χ0n) is 12.4. The first-order chi connectivity index (χ1) is 11.4. The predicted octanol–water partition coefficient (Wildman–Crippen LogP) is 6.27. The largest absolute Gasteiger partial charge is 0.246 e. The molecule has 0 aliphatic heterocycles. The monoisotopic (exact) mass is 311 g/mol. The van der Waals surface area contributed by atoms with Gasteiger partial charge >= 0.3 is 0 Å². The fraction of sp³-hybridized carbons (Fsp3) is 0. The van der Waals surface area contributed by atoms with Gasteiger partial charge in [0.2, 0.25) is 0 Å². The van der Waals surface area contributed by atoms with Crippen molar-refractivity contribution >= 4 is 42.5 Å². The van der Waals surface area contributed by atoms with Crippen LogP contribution in [0.3, 0.4) is 0 Å². The molecule has 5 rings (SSSR count). The highest BCUT2D eigenvalue weighted by Gasteiger charge is 2.15. The molecule has 2 aromatic heterocycles. The minimum Gasteiger partial charge on any atom is -0.246 e. The first kappa shape index (κ1) is 12.8. The van der Waals surface area contributed by atoms with E-state index in [0.29, 0.717) is 0 Å². The van der Waals surface area contributed by atoms with Crippen LogP contribution in [0.2, 0.25) is 0 Å². The van der Waals surface area contributed by atoms with Crippen molar-refractivity contribution in [1.29, 1.82) is 0 Å². The number of rotatable bonds is 1. The first-order valence-corrected chi connectivity index (χ1v) is 8.49. The Balaban J connectivity index is 2.06. The number of hydrogen-bond donors (Lipinski definition) is 0. The zero-order chi connectivity index (χ0) is 15.2. The molecule has 0 N–H and O–H groups in total. The van der Waals surface area contributed by atoms with Gasteiger partial charge < -0.3 is 0 Å². The number of fused-ring (bicyclic) bond motifs is 4. The smallest absolute Gasteiger partial charge is 0.0902 e. The summed E-state index contributed by atoms with van der Waals surface area (Å²) in [6.45, 7) is 0. The van der Waals surface area contributed by atoms with E-state index in [2.05, 4.69) is 78.9 Å². The van der Waals surface area contributed by atoms with Crippen LogP contribution in [-0.2, 0) is 0 Å². The Morgan fingerprint density at radius 2 is 1.35 bits per heavy atom. The molecule has 0 aliphatic carbocycles. The van der Waals surface area contributed by atoms with Gasteiger partial charge in [-0.2, -0.15) is 0 Å². The topological polar surface area (TPSA) is 12.9 Å². The van der Waals surface area contributed by atoms with E-state index in [1.165, 1.54) is 31.3 Å². The molecule has 0 spiro atoms. The fourth-order valence-corrected chi connectivity index (χ4v) is 4.45. The second kappa shape index (κ2) is 4.90. The van der Waals surface area contributed by atoms with Crippen LogP contribution in [0.15, 0.2) is 78.9 Å².